The van der Waals surface area contributed by atoms with Crippen LogP contribution in [0.3, 0.4) is 0 Å². The molecule has 0 amide bonds. The van der Waals surface area contributed by atoms with Gasteiger partial charge in [-0.25, -0.2) is 0 Å². The number of hydrogen-bond acceptors (Lipinski definition) is 3. The Morgan fingerprint density at radius 1 is 1.15 bits per heavy atom. The van der Waals surface area contributed by atoms with Crippen LogP contribution in [-0.4, -0.2) is 9.91 Å². The summed E-state index contributed by atoms with van der Waals surface area (Å²) in [6, 6.07) is 12.5. The Kier molecular flexibility index (Phi) is 3.38. The summed E-state index contributed by atoms with van der Waals surface area (Å²) in [4.78, 5) is 15.4. The Hall–Kier alpha value is -1.98. The molecule has 0 fully saturated rings. The fourth-order valence-electron chi connectivity index (χ4n) is 1.97. The lowest BCUT2D eigenvalue weighted by Crippen LogP contribution is -1.90. The minimum absolute atomic E-state index is 0.0211. The van der Waals surface area contributed by atoms with Gasteiger partial charge in [0.1, 0.15) is 0 Å². The molecule has 1 aromatic heterocycles. The molecule has 0 saturated carbocycles. The van der Waals surface area contributed by atoms with Crippen molar-refractivity contribution in [3.63, 3.8) is 0 Å². The van der Waals surface area contributed by atoms with E-state index in [0.717, 1.165) is 15.8 Å². The molecule has 0 bridgehead atoms. The number of aromatic nitrogens is 1. The first kappa shape index (κ1) is 13.0. The minimum atomic E-state index is -0.414. The van der Waals surface area contributed by atoms with E-state index in [1.165, 1.54) is 17.8 Å². The predicted octanol–water partition coefficient (Wildman–Crippen LogP) is 4.88. The molecule has 0 atom stereocenters. The molecular weight excluding hydrogens is 296 g/mol. The molecule has 0 aliphatic heterocycles. The number of fused-ring (bicyclic) bond motifs is 1. The average molecular weight is 305 g/mol. The molecule has 0 saturated heterocycles. The predicted molar refractivity (Wildman–Crippen MR) is 80.5 cm³/mol. The van der Waals surface area contributed by atoms with Gasteiger partial charge in [-0.15, -0.1) is 0 Å². The SMILES string of the molecule is O=[N+]([O-])c1cc(Cl)ccc1Sc1c[nH]c2ccccc12. The number of nitro benzene ring substituents is 1. The van der Waals surface area contributed by atoms with Gasteiger partial charge in [0.2, 0.25) is 0 Å². The van der Waals surface area contributed by atoms with Gasteiger partial charge in [-0.1, -0.05) is 41.6 Å². The zero-order valence-electron chi connectivity index (χ0n) is 10.2. The van der Waals surface area contributed by atoms with Crippen molar-refractivity contribution in [3.8, 4) is 0 Å². The average Bonchev–Trinajstić information content (AvgIpc) is 2.84. The van der Waals surface area contributed by atoms with Crippen LogP contribution >= 0.6 is 23.4 Å². The van der Waals surface area contributed by atoms with Crippen LogP contribution in [0.25, 0.3) is 10.9 Å². The Labute approximate surface area is 123 Å². The normalized spacial score (nSPS) is 10.8. The third-order valence-corrected chi connectivity index (χ3v) is 4.25. The van der Waals surface area contributed by atoms with Gasteiger partial charge in [0.25, 0.3) is 5.69 Å². The summed E-state index contributed by atoms with van der Waals surface area (Å²) in [5, 5.41) is 12.5. The molecular formula is C14H9ClN2O2S. The number of nitro groups is 1. The highest BCUT2D eigenvalue weighted by Crippen LogP contribution is 2.39. The number of nitrogens with one attached hydrogen (secondary N) is 1. The summed E-state index contributed by atoms with van der Waals surface area (Å²) in [5.41, 5.74) is 1.03. The Bertz CT molecular complexity index is 801. The Morgan fingerprint density at radius 3 is 2.75 bits per heavy atom. The monoisotopic (exact) mass is 304 g/mol. The fraction of sp³-hybridized carbons (Fsp3) is 0. The van der Waals surface area contributed by atoms with Crippen molar-refractivity contribution in [2.24, 2.45) is 0 Å². The van der Waals surface area contributed by atoms with E-state index in [2.05, 4.69) is 4.98 Å². The lowest BCUT2D eigenvalue weighted by atomic mass is 10.2. The van der Waals surface area contributed by atoms with Gasteiger partial charge in [0, 0.05) is 33.1 Å². The summed E-state index contributed by atoms with van der Waals surface area (Å²) in [6.45, 7) is 0. The van der Waals surface area contributed by atoms with Crippen LogP contribution in [-0.2, 0) is 0 Å². The topological polar surface area (TPSA) is 58.9 Å². The van der Waals surface area contributed by atoms with Gasteiger partial charge in [-0.2, -0.15) is 0 Å². The highest BCUT2D eigenvalue weighted by Gasteiger charge is 2.16. The van der Waals surface area contributed by atoms with Crippen LogP contribution < -0.4 is 0 Å². The van der Waals surface area contributed by atoms with E-state index >= 15 is 0 Å². The van der Waals surface area contributed by atoms with Gasteiger partial charge in [0.15, 0.2) is 0 Å². The van der Waals surface area contributed by atoms with Crippen LogP contribution in [0.4, 0.5) is 5.69 Å². The molecule has 0 spiro atoms. The molecule has 2 aromatic carbocycles. The lowest BCUT2D eigenvalue weighted by Gasteiger charge is -2.02. The zero-order chi connectivity index (χ0) is 14.1. The number of benzene rings is 2. The minimum Gasteiger partial charge on any atom is -0.360 e. The van der Waals surface area contributed by atoms with E-state index in [-0.39, 0.29) is 5.69 Å². The van der Waals surface area contributed by atoms with Gasteiger partial charge in [-0.05, 0) is 18.2 Å². The second-order valence-electron chi connectivity index (χ2n) is 4.17. The largest absolute Gasteiger partial charge is 0.360 e. The fourth-order valence-corrected chi connectivity index (χ4v) is 3.15. The van der Waals surface area contributed by atoms with Gasteiger partial charge in [-0.3, -0.25) is 10.1 Å². The summed E-state index contributed by atoms with van der Waals surface area (Å²) in [6.07, 6.45) is 1.85. The van der Waals surface area contributed by atoms with E-state index in [0.29, 0.717) is 9.92 Å². The highest BCUT2D eigenvalue weighted by atomic mass is 35.5. The maximum absolute atomic E-state index is 11.1. The number of halogens is 1. The van der Waals surface area contributed by atoms with Gasteiger partial charge in [0.05, 0.1) is 9.82 Å². The van der Waals surface area contributed by atoms with Crippen molar-refractivity contribution >= 4 is 40.0 Å². The summed E-state index contributed by atoms with van der Waals surface area (Å²) in [5.74, 6) is 0. The van der Waals surface area contributed by atoms with Crippen molar-refractivity contribution in [2.45, 2.75) is 9.79 Å². The van der Waals surface area contributed by atoms with E-state index in [1.54, 1.807) is 12.1 Å². The second kappa shape index (κ2) is 5.19. The van der Waals surface area contributed by atoms with E-state index in [9.17, 15) is 10.1 Å². The van der Waals surface area contributed by atoms with Gasteiger partial charge >= 0.3 is 0 Å². The molecule has 1 heterocycles. The number of H-pyrrole nitrogens is 1. The molecule has 6 heteroatoms. The van der Waals surface area contributed by atoms with Gasteiger partial charge < -0.3 is 4.98 Å². The quantitative estimate of drug-likeness (QED) is 0.554. The third-order valence-electron chi connectivity index (χ3n) is 2.89. The van der Waals surface area contributed by atoms with Crippen molar-refractivity contribution in [1.82, 2.24) is 4.98 Å². The molecule has 1 N–H and O–H groups in total. The molecule has 0 aliphatic carbocycles. The standard InChI is InChI=1S/C14H9ClN2O2S/c15-9-5-6-13(12(7-9)17(18)19)20-14-8-16-11-4-2-1-3-10(11)14/h1-8,16H. The van der Waals surface area contributed by atoms with Crippen molar-refractivity contribution in [3.05, 3.63) is 63.8 Å². The molecule has 3 rings (SSSR count). The van der Waals surface area contributed by atoms with Crippen molar-refractivity contribution in [1.29, 1.82) is 0 Å². The lowest BCUT2D eigenvalue weighted by molar-refractivity contribution is -0.387. The number of nitrogens with zero attached hydrogens (tertiary/aromatic N) is 1. The number of rotatable bonds is 3. The highest BCUT2D eigenvalue weighted by molar-refractivity contribution is 7.99. The first-order valence-electron chi connectivity index (χ1n) is 5.83. The first-order valence-corrected chi connectivity index (χ1v) is 7.02. The summed E-state index contributed by atoms with van der Waals surface area (Å²) in [7, 11) is 0. The third kappa shape index (κ3) is 2.37. The molecule has 3 aromatic rings. The molecule has 20 heavy (non-hydrogen) atoms. The smallest absolute Gasteiger partial charge is 0.284 e. The molecule has 0 aliphatic rings. The molecule has 0 unspecified atom stereocenters. The van der Waals surface area contributed by atoms with E-state index in [4.69, 9.17) is 11.6 Å². The molecule has 4 nitrogen and oxygen atoms in total. The molecule has 0 radical (unpaired) electrons. The number of aromatic amines is 1. The first-order chi connectivity index (χ1) is 9.65. The molecule has 100 valence electrons. The van der Waals surface area contributed by atoms with Crippen LogP contribution in [0.5, 0.6) is 0 Å². The van der Waals surface area contributed by atoms with Crippen LogP contribution in [0.1, 0.15) is 0 Å². The Balaban J connectivity index is 2.05. The van der Waals surface area contributed by atoms with Crippen molar-refractivity contribution < 1.29 is 4.92 Å². The van der Waals surface area contributed by atoms with Crippen LogP contribution in [0, 0.1) is 10.1 Å². The number of para-hydroxylation sites is 1. The maximum atomic E-state index is 11.1. The Morgan fingerprint density at radius 2 is 1.95 bits per heavy atom. The van der Waals surface area contributed by atoms with Crippen LogP contribution in [0.15, 0.2) is 58.5 Å². The summed E-state index contributed by atoms with van der Waals surface area (Å²) >= 11 is 7.17. The number of hydrogen-bond donors (Lipinski definition) is 1. The summed E-state index contributed by atoms with van der Waals surface area (Å²) < 4.78 is 0. The van der Waals surface area contributed by atoms with E-state index in [1.807, 2.05) is 30.5 Å². The van der Waals surface area contributed by atoms with Crippen LogP contribution in [0.2, 0.25) is 5.02 Å². The second-order valence-corrected chi connectivity index (χ2v) is 5.69. The van der Waals surface area contributed by atoms with Crippen molar-refractivity contribution in [2.75, 3.05) is 0 Å². The maximum Gasteiger partial charge on any atom is 0.284 e. The van der Waals surface area contributed by atoms with E-state index < -0.39 is 4.92 Å². The zero-order valence-corrected chi connectivity index (χ0v) is 11.7.